The van der Waals surface area contributed by atoms with Gasteiger partial charge in [-0.25, -0.2) is 9.59 Å². The van der Waals surface area contributed by atoms with Crippen molar-refractivity contribution < 1.29 is 29.0 Å². The Kier molecular flexibility index (Phi) is 5.09. The van der Waals surface area contributed by atoms with E-state index in [1.54, 1.807) is 17.9 Å². The first kappa shape index (κ1) is 21.2. The number of nitrogens with zero attached hydrogens (tertiary/aromatic N) is 2. The van der Waals surface area contributed by atoms with Crippen molar-refractivity contribution in [1.82, 2.24) is 9.80 Å². The second kappa shape index (κ2) is 7.71. The number of carbonyl (C=O) groups is 3. The molecule has 0 radical (unpaired) electrons. The summed E-state index contributed by atoms with van der Waals surface area (Å²) in [6.07, 6.45) is 1.58. The van der Waals surface area contributed by atoms with Crippen LogP contribution in [0.3, 0.4) is 0 Å². The predicted molar refractivity (Wildman–Crippen MR) is 113 cm³/mol. The summed E-state index contributed by atoms with van der Waals surface area (Å²) in [6, 6.07) is 3.57. The van der Waals surface area contributed by atoms with Crippen LogP contribution in [0.25, 0.3) is 0 Å². The zero-order valence-corrected chi connectivity index (χ0v) is 18.5. The van der Waals surface area contributed by atoms with Crippen molar-refractivity contribution in [3.63, 3.8) is 0 Å². The molecule has 1 spiro atoms. The molecule has 1 atom stereocenters. The van der Waals surface area contributed by atoms with E-state index >= 15 is 0 Å². The molecule has 8 nitrogen and oxygen atoms in total. The number of amides is 1. The molecule has 1 N–H and O–H groups in total. The number of β-amino-alcohol motifs (C(OH)–C–C–N with tert-alkyl or cyclic N) is 1. The normalized spacial score (nSPS) is 23.7. The fourth-order valence-corrected chi connectivity index (χ4v) is 5.51. The van der Waals surface area contributed by atoms with Crippen molar-refractivity contribution in [2.75, 3.05) is 32.8 Å². The standard InChI is InChI=1S/C24H28N2O6/c1-14-16(3-4-17-18(14)11-31-23(17)30)20(27)10-25-7-5-24(6-8-25)9-21(28)26(13-24)19-12-32-22(29)15(19)2/h3-4,20,27H,5-13H2,1-2H3/t20-/m1/s1. The number of cyclic esters (lactones) is 2. The average molecular weight is 440 g/mol. The van der Waals surface area contributed by atoms with Gasteiger partial charge in [0.2, 0.25) is 5.91 Å². The van der Waals surface area contributed by atoms with Crippen LogP contribution in [0.2, 0.25) is 0 Å². The maximum atomic E-state index is 12.7. The lowest BCUT2D eigenvalue weighted by atomic mass is 9.77. The summed E-state index contributed by atoms with van der Waals surface area (Å²) in [5, 5.41) is 10.9. The number of piperidine rings is 1. The number of aliphatic hydroxyl groups excluding tert-OH is 1. The van der Waals surface area contributed by atoms with Crippen LogP contribution in [-0.2, 0) is 25.7 Å². The average Bonchev–Trinajstić information content (AvgIpc) is 3.41. The van der Waals surface area contributed by atoms with E-state index in [1.165, 1.54) is 0 Å². The smallest absolute Gasteiger partial charge is 0.338 e. The molecular formula is C24H28N2O6. The fourth-order valence-electron chi connectivity index (χ4n) is 5.51. The highest BCUT2D eigenvalue weighted by Gasteiger charge is 2.47. The van der Waals surface area contributed by atoms with Crippen molar-refractivity contribution in [2.45, 2.75) is 45.8 Å². The van der Waals surface area contributed by atoms with Crippen LogP contribution in [0.15, 0.2) is 23.4 Å². The van der Waals surface area contributed by atoms with E-state index in [2.05, 4.69) is 4.90 Å². The molecular weight excluding hydrogens is 412 g/mol. The molecule has 4 heterocycles. The Labute approximate surface area is 186 Å². The van der Waals surface area contributed by atoms with E-state index in [1.807, 2.05) is 13.0 Å². The molecule has 0 aliphatic carbocycles. The number of carbonyl (C=O) groups excluding carboxylic acids is 3. The molecule has 2 fully saturated rings. The highest BCUT2D eigenvalue weighted by Crippen LogP contribution is 2.43. The Bertz CT molecular complexity index is 1040. The number of hydrogen-bond acceptors (Lipinski definition) is 7. The second-order valence-electron chi connectivity index (χ2n) is 9.50. The van der Waals surface area contributed by atoms with Crippen LogP contribution in [0.5, 0.6) is 0 Å². The minimum atomic E-state index is -0.652. The van der Waals surface area contributed by atoms with Crippen molar-refractivity contribution in [3.05, 3.63) is 45.7 Å². The first-order chi connectivity index (χ1) is 15.3. The molecule has 1 amide bonds. The third-order valence-electron chi connectivity index (χ3n) is 7.64. The molecule has 0 bridgehead atoms. The van der Waals surface area contributed by atoms with E-state index in [9.17, 15) is 19.5 Å². The van der Waals surface area contributed by atoms with Crippen molar-refractivity contribution >= 4 is 17.8 Å². The van der Waals surface area contributed by atoms with Crippen LogP contribution in [0.4, 0.5) is 0 Å². The molecule has 8 heteroatoms. The monoisotopic (exact) mass is 440 g/mol. The maximum Gasteiger partial charge on any atom is 0.338 e. The number of rotatable bonds is 4. The van der Waals surface area contributed by atoms with E-state index in [4.69, 9.17) is 9.47 Å². The number of esters is 2. The highest BCUT2D eigenvalue weighted by atomic mass is 16.5. The number of likely N-dealkylation sites (tertiary alicyclic amines) is 2. The first-order valence-corrected chi connectivity index (χ1v) is 11.2. The lowest BCUT2D eigenvalue weighted by Crippen LogP contribution is -2.43. The summed E-state index contributed by atoms with van der Waals surface area (Å²) >= 11 is 0. The van der Waals surface area contributed by atoms with Crippen LogP contribution >= 0.6 is 0 Å². The summed E-state index contributed by atoms with van der Waals surface area (Å²) < 4.78 is 10.2. The van der Waals surface area contributed by atoms with Crippen LogP contribution in [0.1, 0.15) is 59.3 Å². The van der Waals surface area contributed by atoms with Gasteiger partial charge in [-0.1, -0.05) is 6.07 Å². The Morgan fingerprint density at radius 1 is 1.06 bits per heavy atom. The number of benzene rings is 1. The highest BCUT2D eigenvalue weighted by molar-refractivity contribution is 5.94. The Morgan fingerprint density at radius 3 is 2.47 bits per heavy atom. The van der Waals surface area contributed by atoms with Crippen LogP contribution in [0, 0.1) is 12.3 Å². The summed E-state index contributed by atoms with van der Waals surface area (Å²) in [5.74, 6) is -0.572. The number of fused-ring (bicyclic) bond motifs is 1. The number of ether oxygens (including phenoxy) is 2. The quantitative estimate of drug-likeness (QED) is 0.714. The summed E-state index contributed by atoms with van der Waals surface area (Å²) in [5.41, 5.74) is 4.37. The van der Waals surface area contributed by atoms with Gasteiger partial charge in [0.05, 0.1) is 22.9 Å². The zero-order chi connectivity index (χ0) is 22.6. The Balaban J connectivity index is 1.22. The van der Waals surface area contributed by atoms with Crippen molar-refractivity contribution in [1.29, 1.82) is 0 Å². The minimum absolute atomic E-state index is 0.0664. The van der Waals surface area contributed by atoms with Crippen molar-refractivity contribution in [3.8, 4) is 0 Å². The maximum absolute atomic E-state index is 12.7. The second-order valence-corrected chi connectivity index (χ2v) is 9.50. The third kappa shape index (κ3) is 3.42. The van der Waals surface area contributed by atoms with Gasteiger partial charge in [0.15, 0.2) is 0 Å². The lowest BCUT2D eigenvalue weighted by molar-refractivity contribution is -0.136. The van der Waals surface area contributed by atoms with Gasteiger partial charge in [-0.15, -0.1) is 0 Å². The van der Waals surface area contributed by atoms with Crippen LogP contribution < -0.4 is 0 Å². The van der Waals surface area contributed by atoms with Gasteiger partial charge in [-0.3, -0.25) is 4.79 Å². The molecule has 4 aliphatic rings. The molecule has 2 saturated heterocycles. The predicted octanol–water partition coefficient (Wildman–Crippen LogP) is 1.84. The van der Waals surface area contributed by atoms with Crippen LogP contribution in [-0.4, -0.2) is 65.5 Å². The number of hydrogen-bond donors (Lipinski definition) is 1. The Hall–Kier alpha value is -2.71. The fraction of sp³-hybridized carbons (Fsp3) is 0.542. The van der Waals surface area contributed by atoms with Gasteiger partial charge in [-0.05, 0) is 62.4 Å². The molecule has 0 saturated carbocycles. The van der Waals surface area contributed by atoms with Gasteiger partial charge < -0.3 is 24.4 Å². The first-order valence-electron chi connectivity index (χ1n) is 11.2. The summed E-state index contributed by atoms with van der Waals surface area (Å²) in [6.45, 7) is 6.84. The van der Waals surface area contributed by atoms with Gasteiger partial charge in [-0.2, -0.15) is 0 Å². The largest absolute Gasteiger partial charge is 0.457 e. The molecule has 1 aromatic rings. The number of aliphatic hydroxyl groups is 1. The Morgan fingerprint density at radius 2 is 1.78 bits per heavy atom. The zero-order valence-electron chi connectivity index (χ0n) is 18.5. The van der Waals surface area contributed by atoms with E-state index < -0.39 is 6.10 Å². The van der Waals surface area contributed by atoms with Gasteiger partial charge in [0, 0.05) is 25.1 Å². The van der Waals surface area contributed by atoms with Gasteiger partial charge in [0.1, 0.15) is 13.2 Å². The molecule has 1 aromatic carbocycles. The van der Waals surface area contributed by atoms with Gasteiger partial charge in [0.25, 0.3) is 0 Å². The molecule has 170 valence electrons. The topological polar surface area (TPSA) is 96.4 Å². The summed E-state index contributed by atoms with van der Waals surface area (Å²) in [7, 11) is 0. The lowest BCUT2D eigenvalue weighted by Gasteiger charge is -2.39. The minimum Gasteiger partial charge on any atom is -0.457 e. The molecule has 4 aliphatic heterocycles. The molecule has 0 aromatic heterocycles. The SMILES string of the molecule is CC1=C(N2CC3(CCN(C[C@@H](O)c4ccc5c(c4C)COC5=O)CC3)CC2=O)COC1=O. The molecule has 0 unspecified atom stereocenters. The molecule has 32 heavy (non-hydrogen) atoms. The van der Waals surface area contributed by atoms with Crippen molar-refractivity contribution in [2.24, 2.45) is 5.41 Å². The third-order valence-corrected chi connectivity index (χ3v) is 7.64. The van der Waals surface area contributed by atoms with E-state index in [-0.39, 0.29) is 36.5 Å². The summed E-state index contributed by atoms with van der Waals surface area (Å²) in [4.78, 5) is 40.2. The molecule has 5 rings (SSSR count). The van der Waals surface area contributed by atoms with E-state index in [0.717, 1.165) is 42.6 Å². The van der Waals surface area contributed by atoms with Gasteiger partial charge >= 0.3 is 11.9 Å². The van der Waals surface area contributed by atoms with E-state index in [0.29, 0.717) is 36.3 Å².